The number of nitrogens with zero attached hydrogens (tertiary/aromatic N) is 7. The summed E-state index contributed by atoms with van der Waals surface area (Å²) in [6, 6.07) is 8.81. The molecule has 2 saturated heterocycles. The zero-order valence-corrected chi connectivity index (χ0v) is 20.8. The van der Waals surface area contributed by atoms with Crippen molar-refractivity contribution in [3.63, 3.8) is 0 Å². The number of carbonyl (C=O) groups excluding carboxylic acids is 1. The average molecular weight is 490 g/mol. The van der Waals surface area contributed by atoms with Gasteiger partial charge in [-0.05, 0) is 36.6 Å². The van der Waals surface area contributed by atoms with Crippen molar-refractivity contribution < 1.29 is 14.1 Å². The molecule has 3 aliphatic heterocycles. The summed E-state index contributed by atoms with van der Waals surface area (Å²) in [5.74, 6) is 2.61. The van der Waals surface area contributed by atoms with E-state index in [1.54, 1.807) is 6.33 Å². The molecule has 36 heavy (non-hydrogen) atoms. The number of fused-ring (bicyclic) bond motifs is 1. The number of aromatic nitrogens is 4. The zero-order chi connectivity index (χ0) is 24.6. The Morgan fingerprint density at radius 3 is 2.64 bits per heavy atom. The van der Waals surface area contributed by atoms with E-state index < -0.39 is 0 Å². The first-order chi connectivity index (χ1) is 17.5. The number of piperidine rings is 1. The highest BCUT2D eigenvalue weighted by molar-refractivity contribution is 5.95. The molecule has 10 heteroatoms. The summed E-state index contributed by atoms with van der Waals surface area (Å²) < 4.78 is 11.7. The van der Waals surface area contributed by atoms with Crippen LogP contribution in [0.1, 0.15) is 56.8 Å². The normalized spacial score (nSPS) is 18.4. The van der Waals surface area contributed by atoms with Crippen LogP contribution in [0.15, 0.2) is 35.1 Å². The second-order valence-corrected chi connectivity index (χ2v) is 9.97. The van der Waals surface area contributed by atoms with Gasteiger partial charge in [0, 0.05) is 68.8 Å². The van der Waals surface area contributed by atoms with Crippen molar-refractivity contribution in [2.24, 2.45) is 0 Å². The Hall–Kier alpha value is -3.69. The van der Waals surface area contributed by atoms with E-state index in [9.17, 15) is 4.79 Å². The maximum atomic E-state index is 12.1. The van der Waals surface area contributed by atoms with E-state index in [-0.39, 0.29) is 17.9 Å². The van der Waals surface area contributed by atoms with Gasteiger partial charge in [0.25, 0.3) is 0 Å². The molecule has 2 aromatic heterocycles. The Balaban J connectivity index is 1.10. The van der Waals surface area contributed by atoms with Gasteiger partial charge in [0.2, 0.25) is 11.8 Å². The second-order valence-electron chi connectivity index (χ2n) is 9.97. The number of anilines is 4. The van der Waals surface area contributed by atoms with E-state index in [1.165, 1.54) is 5.56 Å². The third kappa shape index (κ3) is 4.36. The lowest BCUT2D eigenvalue weighted by molar-refractivity contribution is -0.117. The van der Waals surface area contributed by atoms with Crippen LogP contribution >= 0.6 is 0 Å². The fraction of sp³-hybridized carbons (Fsp3) is 0.500. The fourth-order valence-electron chi connectivity index (χ4n) is 5.18. The number of carbonyl (C=O) groups is 1. The molecule has 0 aliphatic carbocycles. The molecular weight excluding hydrogens is 458 g/mol. The monoisotopic (exact) mass is 489 g/mol. The third-order valence-corrected chi connectivity index (χ3v) is 7.20. The SMILES string of the molecule is CC(C)c1noc(N2CCC(Oc3cc(N4CCc5cc(N6CCCC6=O)ccc54)ncn3)CC2)n1. The summed E-state index contributed by atoms with van der Waals surface area (Å²) in [7, 11) is 0. The lowest BCUT2D eigenvalue weighted by Gasteiger charge is -2.30. The molecule has 0 spiro atoms. The number of hydrogen-bond acceptors (Lipinski definition) is 9. The average Bonchev–Trinajstić information content (AvgIpc) is 3.64. The van der Waals surface area contributed by atoms with E-state index in [0.717, 1.165) is 74.9 Å². The Labute approximate surface area is 210 Å². The first kappa shape index (κ1) is 22.8. The van der Waals surface area contributed by atoms with Gasteiger partial charge in [0.15, 0.2) is 5.82 Å². The minimum atomic E-state index is 0.0721. The quantitative estimate of drug-likeness (QED) is 0.511. The standard InChI is InChI=1S/C26H31N7O3/c1-17(2)25-29-26(36-30-25)31-11-8-20(9-12-31)35-23-15-22(27-16-28-23)33-13-7-18-14-19(5-6-21(18)33)32-10-3-4-24(32)34/h5-6,14-17,20H,3-4,7-13H2,1-2H3. The van der Waals surface area contributed by atoms with Crippen LogP contribution in [0.2, 0.25) is 0 Å². The van der Waals surface area contributed by atoms with Gasteiger partial charge >= 0.3 is 6.01 Å². The molecule has 0 radical (unpaired) electrons. The van der Waals surface area contributed by atoms with Crippen LogP contribution in [0.5, 0.6) is 5.88 Å². The Bertz CT molecular complexity index is 1250. The van der Waals surface area contributed by atoms with Crippen LogP contribution in [-0.4, -0.2) is 58.3 Å². The van der Waals surface area contributed by atoms with Crippen molar-refractivity contribution in [2.45, 2.75) is 58.0 Å². The van der Waals surface area contributed by atoms with Gasteiger partial charge in [-0.25, -0.2) is 9.97 Å². The van der Waals surface area contributed by atoms with Gasteiger partial charge in [0.1, 0.15) is 18.2 Å². The lowest BCUT2D eigenvalue weighted by atomic mass is 10.1. The molecule has 188 valence electrons. The molecule has 0 atom stereocenters. The Kier molecular flexibility index (Phi) is 5.94. The summed E-state index contributed by atoms with van der Waals surface area (Å²) in [6.07, 6.45) is 5.83. The maximum absolute atomic E-state index is 12.1. The second kappa shape index (κ2) is 9.40. The van der Waals surface area contributed by atoms with Gasteiger partial charge in [0.05, 0.1) is 0 Å². The van der Waals surface area contributed by atoms with Crippen molar-refractivity contribution in [1.82, 2.24) is 20.1 Å². The van der Waals surface area contributed by atoms with Gasteiger partial charge in [-0.15, -0.1) is 0 Å². The molecule has 0 N–H and O–H groups in total. The van der Waals surface area contributed by atoms with Crippen molar-refractivity contribution in [1.29, 1.82) is 0 Å². The number of benzene rings is 1. The number of amides is 1. The van der Waals surface area contributed by atoms with Crippen LogP contribution in [0, 0.1) is 0 Å². The van der Waals surface area contributed by atoms with Crippen LogP contribution < -0.4 is 19.4 Å². The predicted octanol–water partition coefficient (Wildman–Crippen LogP) is 3.85. The molecule has 0 unspecified atom stereocenters. The summed E-state index contributed by atoms with van der Waals surface area (Å²) in [4.78, 5) is 31.8. The molecule has 5 heterocycles. The van der Waals surface area contributed by atoms with Crippen LogP contribution in [0.3, 0.4) is 0 Å². The minimum Gasteiger partial charge on any atom is -0.474 e. The van der Waals surface area contributed by atoms with Crippen molar-refractivity contribution in [2.75, 3.05) is 40.9 Å². The zero-order valence-electron chi connectivity index (χ0n) is 20.8. The summed E-state index contributed by atoms with van der Waals surface area (Å²) >= 11 is 0. The van der Waals surface area contributed by atoms with Crippen LogP contribution in [-0.2, 0) is 11.2 Å². The Morgan fingerprint density at radius 1 is 1.03 bits per heavy atom. The van der Waals surface area contributed by atoms with E-state index in [2.05, 4.69) is 55.9 Å². The number of hydrogen-bond donors (Lipinski definition) is 0. The van der Waals surface area contributed by atoms with Gasteiger partial charge in [-0.3, -0.25) is 4.79 Å². The molecule has 0 bridgehead atoms. The third-order valence-electron chi connectivity index (χ3n) is 7.20. The highest BCUT2D eigenvalue weighted by atomic mass is 16.5. The first-order valence-electron chi connectivity index (χ1n) is 12.8. The van der Waals surface area contributed by atoms with Gasteiger partial charge in [-0.2, -0.15) is 4.98 Å². The molecule has 3 aromatic rings. The van der Waals surface area contributed by atoms with Crippen LogP contribution in [0.25, 0.3) is 0 Å². The molecule has 1 amide bonds. The van der Waals surface area contributed by atoms with Gasteiger partial charge < -0.3 is 24.0 Å². The largest absolute Gasteiger partial charge is 0.474 e. The first-order valence-corrected chi connectivity index (χ1v) is 12.8. The van der Waals surface area contributed by atoms with Crippen molar-refractivity contribution >= 4 is 29.1 Å². The minimum absolute atomic E-state index is 0.0721. The smallest absolute Gasteiger partial charge is 0.324 e. The molecule has 0 saturated carbocycles. The van der Waals surface area contributed by atoms with E-state index in [4.69, 9.17) is 9.26 Å². The molecule has 1 aromatic carbocycles. The molecule has 6 rings (SSSR count). The summed E-state index contributed by atoms with van der Waals surface area (Å²) in [5.41, 5.74) is 3.36. The van der Waals surface area contributed by atoms with Crippen molar-refractivity contribution in [3.05, 3.63) is 42.0 Å². The number of ether oxygens (including phenoxy) is 1. The van der Waals surface area contributed by atoms with E-state index in [1.807, 2.05) is 17.0 Å². The van der Waals surface area contributed by atoms with Crippen molar-refractivity contribution in [3.8, 4) is 5.88 Å². The van der Waals surface area contributed by atoms with E-state index >= 15 is 0 Å². The van der Waals surface area contributed by atoms with Gasteiger partial charge in [-0.1, -0.05) is 19.0 Å². The molecular formula is C26H31N7O3. The number of rotatable bonds is 6. The summed E-state index contributed by atoms with van der Waals surface area (Å²) in [6.45, 7) is 7.34. The summed E-state index contributed by atoms with van der Waals surface area (Å²) in [5, 5.41) is 4.07. The predicted molar refractivity (Wildman–Crippen MR) is 135 cm³/mol. The lowest BCUT2D eigenvalue weighted by Crippen LogP contribution is -2.38. The highest BCUT2D eigenvalue weighted by Gasteiger charge is 2.28. The van der Waals surface area contributed by atoms with E-state index in [0.29, 0.717) is 18.3 Å². The fourth-order valence-corrected chi connectivity index (χ4v) is 5.18. The maximum Gasteiger partial charge on any atom is 0.324 e. The molecule has 10 nitrogen and oxygen atoms in total. The molecule has 3 aliphatic rings. The highest BCUT2D eigenvalue weighted by Crippen LogP contribution is 2.37. The Morgan fingerprint density at radius 2 is 1.89 bits per heavy atom. The topological polar surface area (TPSA) is 101 Å². The van der Waals surface area contributed by atoms with Crippen LogP contribution in [0.4, 0.5) is 23.2 Å². The molecule has 2 fully saturated rings.